The van der Waals surface area contributed by atoms with Gasteiger partial charge in [0.15, 0.2) is 0 Å². The minimum Gasteiger partial charge on any atom is -0.393 e. The van der Waals surface area contributed by atoms with E-state index in [9.17, 15) is 0 Å². The second kappa shape index (κ2) is 4.42. The van der Waals surface area contributed by atoms with Gasteiger partial charge in [-0.1, -0.05) is 13.8 Å². The molecule has 0 aliphatic carbocycles. The molecule has 3 heteroatoms. The summed E-state index contributed by atoms with van der Waals surface area (Å²) in [5.74, 6) is 0.528. The van der Waals surface area contributed by atoms with Crippen LogP contribution >= 0.6 is 0 Å². The molecule has 0 saturated carbocycles. The minimum absolute atomic E-state index is 0.244. The zero-order valence-electron chi connectivity index (χ0n) is 8.57. The molecule has 1 heterocycles. The van der Waals surface area contributed by atoms with E-state index < -0.39 is 0 Å². The molecule has 1 N–H and O–H groups in total. The molecule has 1 aromatic rings. The Balaban J connectivity index is 2.49. The van der Waals surface area contributed by atoms with Gasteiger partial charge in [-0.05, 0) is 24.8 Å². The van der Waals surface area contributed by atoms with E-state index in [0.29, 0.717) is 5.92 Å². The van der Waals surface area contributed by atoms with Gasteiger partial charge in [0.1, 0.15) is 0 Å². The third-order valence-corrected chi connectivity index (χ3v) is 2.10. The highest BCUT2D eigenvalue weighted by atomic mass is 16.3. The van der Waals surface area contributed by atoms with Gasteiger partial charge in [-0.25, -0.2) is 0 Å². The maximum Gasteiger partial charge on any atom is 0.0529 e. The molecule has 1 aromatic heterocycles. The van der Waals surface area contributed by atoms with Gasteiger partial charge in [0.2, 0.25) is 0 Å². The van der Waals surface area contributed by atoms with Crippen molar-refractivity contribution in [3.63, 3.8) is 0 Å². The Labute approximate surface area is 79.4 Å². The maximum atomic E-state index is 9.09. The van der Waals surface area contributed by atoms with Crippen molar-refractivity contribution < 1.29 is 5.11 Å². The van der Waals surface area contributed by atoms with Crippen LogP contribution in [0.2, 0.25) is 0 Å². The van der Waals surface area contributed by atoms with Crippen LogP contribution in [-0.4, -0.2) is 21.0 Å². The lowest BCUT2D eigenvalue weighted by Crippen LogP contribution is -2.07. The summed E-state index contributed by atoms with van der Waals surface area (Å²) in [5, 5.41) is 13.3. The van der Waals surface area contributed by atoms with Crippen molar-refractivity contribution in [2.75, 3.05) is 0 Å². The molecule has 0 saturated heterocycles. The Morgan fingerprint density at radius 1 is 1.46 bits per heavy atom. The van der Waals surface area contributed by atoms with Crippen LogP contribution < -0.4 is 0 Å². The van der Waals surface area contributed by atoms with E-state index >= 15 is 0 Å². The second-order valence-electron chi connectivity index (χ2n) is 3.83. The Kier molecular flexibility index (Phi) is 3.48. The van der Waals surface area contributed by atoms with Crippen molar-refractivity contribution >= 4 is 0 Å². The molecular formula is C10H18N2O. The first-order chi connectivity index (χ1) is 6.09. The van der Waals surface area contributed by atoms with E-state index in [0.717, 1.165) is 13.0 Å². The molecule has 3 nitrogen and oxygen atoms in total. The van der Waals surface area contributed by atoms with Gasteiger partial charge >= 0.3 is 0 Å². The normalized spacial score (nSPS) is 13.6. The second-order valence-corrected chi connectivity index (χ2v) is 3.83. The van der Waals surface area contributed by atoms with E-state index in [2.05, 4.69) is 18.9 Å². The van der Waals surface area contributed by atoms with E-state index in [1.807, 2.05) is 17.1 Å². The summed E-state index contributed by atoms with van der Waals surface area (Å²) in [6.45, 7) is 6.89. The Hall–Kier alpha value is -0.830. The predicted octanol–water partition coefficient (Wildman–Crippen LogP) is 1.78. The molecule has 1 atom stereocenters. The highest BCUT2D eigenvalue weighted by Crippen LogP contribution is 2.12. The van der Waals surface area contributed by atoms with Crippen LogP contribution in [0, 0.1) is 0 Å². The van der Waals surface area contributed by atoms with Gasteiger partial charge in [0.25, 0.3) is 0 Å². The molecule has 1 rings (SSSR count). The molecule has 13 heavy (non-hydrogen) atoms. The smallest absolute Gasteiger partial charge is 0.0529 e. The van der Waals surface area contributed by atoms with Crippen molar-refractivity contribution in [1.29, 1.82) is 0 Å². The SMILES string of the molecule is CC(C)c1cnn(CC[C@H](C)O)c1. The molecule has 74 valence electrons. The van der Waals surface area contributed by atoms with Gasteiger partial charge in [-0.3, -0.25) is 4.68 Å². The third kappa shape index (κ3) is 3.19. The van der Waals surface area contributed by atoms with Crippen molar-refractivity contribution in [3.8, 4) is 0 Å². The lowest BCUT2D eigenvalue weighted by Gasteiger charge is -2.03. The first-order valence-electron chi connectivity index (χ1n) is 4.80. The molecular weight excluding hydrogens is 164 g/mol. The highest BCUT2D eigenvalue weighted by molar-refractivity contribution is 5.08. The number of rotatable bonds is 4. The van der Waals surface area contributed by atoms with Crippen molar-refractivity contribution in [2.24, 2.45) is 0 Å². The maximum absolute atomic E-state index is 9.09. The highest BCUT2D eigenvalue weighted by Gasteiger charge is 2.03. The molecule has 0 aliphatic heterocycles. The zero-order chi connectivity index (χ0) is 9.84. The molecule has 0 spiro atoms. The minimum atomic E-state index is -0.244. The fourth-order valence-electron chi connectivity index (χ4n) is 1.12. The van der Waals surface area contributed by atoms with Crippen LogP contribution in [0.25, 0.3) is 0 Å². The number of hydrogen-bond donors (Lipinski definition) is 1. The van der Waals surface area contributed by atoms with E-state index in [4.69, 9.17) is 5.11 Å². The summed E-state index contributed by atoms with van der Waals surface area (Å²) >= 11 is 0. The van der Waals surface area contributed by atoms with Crippen LogP contribution in [0.3, 0.4) is 0 Å². The Bertz CT molecular complexity index is 253. The monoisotopic (exact) mass is 182 g/mol. The van der Waals surface area contributed by atoms with Crippen LogP contribution in [0.15, 0.2) is 12.4 Å². The molecule has 0 aromatic carbocycles. The molecule has 0 bridgehead atoms. The number of nitrogens with zero attached hydrogens (tertiary/aromatic N) is 2. The first-order valence-corrected chi connectivity index (χ1v) is 4.80. The fraction of sp³-hybridized carbons (Fsp3) is 0.700. The van der Waals surface area contributed by atoms with Crippen molar-refractivity contribution in [1.82, 2.24) is 9.78 Å². The molecule has 0 unspecified atom stereocenters. The number of aliphatic hydroxyl groups excluding tert-OH is 1. The van der Waals surface area contributed by atoms with E-state index in [1.165, 1.54) is 5.56 Å². The largest absolute Gasteiger partial charge is 0.393 e. The standard InChI is InChI=1S/C10H18N2O/c1-8(2)10-6-11-12(7-10)5-4-9(3)13/h6-9,13H,4-5H2,1-3H3/t9-/m0/s1. The van der Waals surface area contributed by atoms with E-state index in [1.54, 1.807) is 6.92 Å². The zero-order valence-corrected chi connectivity index (χ0v) is 8.57. The summed E-state index contributed by atoms with van der Waals surface area (Å²) in [7, 11) is 0. The van der Waals surface area contributed by atoms with Crippen molar-refractivity contribution in [2.45, 2.75) is 45.8 Å². The third-order valence-electron chi connectivity index (χ3n) is 2.10. The molecule has 0 amide bonds. The number of aryl methyl sites for hydroxylation is 1. The number of aromatic nitrogens is 2. The van der Waals surface area contributed by atoms with Gasteiger partial charge in [0, 0.05) is 12.7 Å². The number of hydrogen-bond acceptors (Lipinski definition) is 2. The average molecular weight is 182 g/mol. The lowest BCUT2D eigenvalue weighted by molar-refractivity contribution is 0.176. The van der Waals surface area contributed by atoms with Gasteiger partial charge in [0.05, 0.1) is 12.3 Å². The molecule has 0 fully saturated rings. The van der Waals surface area contributed by atoms with Crippen LogP contribution in [0.1, 0.15) is 38.7 Å². The summed E-state index contributed by atoms with van der Waals surface area (Å²) in [6.07, 6.45) is 4.46. The topological polar surface area (TPSA) is 38.0 Å². The van der Waals surface area contributed by atoms with Crippen molar-refractivity contribution in [3.05, 3.63) is 18.0 Å². The summed E-state index contributed by atoms with van der Waals surface area (Å²) < 4.78 is 1.89. The van der Waals surface area contributed by atoms with Gasteiger partial charge in [-0.2, -0.15) is 5.10 Å². The van der Waals surface area contributed by atoms with Crippen LogP contribution in [0.5, 0.6) is 0 Å². The lowest BCUT2D eigenvalue weighted by atomic mass is 10.1. The Morgan fingerprint density at radius 2 is 2.15 bits per heavy atom. The summed E-state index contributed by atoms with van der Waals surface area (Å²) in [4.78, 5) is 0. The van der Waals surface area contributed by atoms with Crippen LogP contribution in [-0.2, 0) is 6.54 Å². The fourth-order valence-corrected chi connectivity index (χ4v) is 1.12. The molecule has 0 radical (unpaired) electrons. The first kappa shape index (κ1) is 10.3. The quantitative estimate of drug-likeness (QED) is 0.770. The Morgan fingerprint density at radius 3 is 2.62 bits per heavy atom. The van der Waals surface area contributed by atoms with Gasteiger partial charge in [-0.15, -0.1) is 0 Å². The summed E-state index contributed by atoms with van der Waals surface area (Å²) in [6, 6.07) is 0. The predicted molar refractivity (Wildman–Crippen MR) is 52.6 cm³/mol. The van der Waals surface area contributed by atoms with Gasteiger partial charge < -0.3 is 5.11 Å². The van der Waals surface area contributed by atoms with E-state index in [-0.39, 0.29) is 6.10 Å². The summed E-state index contributed by atoms with van der Waals surface area (Å²) in [5.41, 5.74) is 1.26. The molecule has 0 aliphatic rings. The average Bonchev–Trinajstić information content (AvgIpc) is 2.48. The number of aliphatic hydroxyl groups is 1. The van der Waals surface area contributed by atoms with Crippen LogP contribution in [0.4, 0.5) is 0 Å².